The lowest BCUT2D eigenvalue weighted by atomic mass is 10.2. The predicted molar refractivity (Wildman–Crippen MR) is 114 cm³/mol. The molecule has 0 bridgehead atoms. The summed E-state index contributed by atoms with van der Waals surface area (Å²) < 4.78 is 26.9. The van der Waals surface area contributed by atoms with Gasteiger partial charge in [0.05, 0.1) is 28.0 Å². The van der Waals surface area contributed by atoms with Crippen molar-refractivity contribution >= 4 is 32.4 Å². The smallest absolute Gasteiger partial charge is 0.243 e. The van der Waals surface area contributed by atoms with Crippen molar-refractivity contribution < 1.29 is 8.42 Å². The molecule has 2 aromatic heterocycles. The van der Waals surface area contributed by atoms with E-state index in [4.69, 9.17) is 4.98 Å². The number of aromatic amines is 1. The topological polar surface area (TPSA) is 79.0 Å². The molecule has 0 radical (unpaired) electrons. The van der Waals surface area contributed by atoms with E-state index in [1.54, 1.807) is 27.8 Å². The van der Waals surface area contributed by atoms with Crippen molar-refractivity contribution in [2.75, 3.05) is 13.1 Å². The summed E-state index contributed by atoms with van der Waals surface area (Å²) >= 11 is 1.58. The molecule has 6 nitrogen and oxygen atoms in total. The molecular formula is C21H20N4O2S2. The van der Waals surface area contributed by atoms with Gasteiger partial charge in [-0.3, -0.25) is 0 Å². The van der Waals surface area contributed by atoms with Crippen LogP contribution >= 0.6 is 11.3 Å². The van der Waals surface area contributed by atoms with E-state index >= 15 is 0 Å². The average molecular weight is 425 g/mol. The molecule has 0 aliphatic carbocycles. The van der Waals surface area contributed by atoms with Crippen LogP contribution in [0.25, 0.3) is 22.3 Å². The number of hydrogen-bond acceptors (Lipinski definition) is 5. The zero-order chi connectivity index (χ0) is 19.8. The van der Waals surface area contributed by atoms with E-state index < -0.39 is 10.0 Å². The third-order valence-corrected chi connectivity index (χ3v) is 7.92. The molecule has 0 spiro atoms. The fourth-order valence-electron chi connectivity index (χ4n) is 3.63. The highest BCUT2D eigenvalue weighted by Crippen LogP contribution is 2.27. The van der Waals surface area contributed by atoms with Crippen LogP contribution in [0.3, 0.4) is 0 Å². The number of thiazole rings is 1. The molecule has 29 heavy (non-hydrogen) atoms. The van der Waals surface area contributed by atoms with Gasteiger partial charge in [-0.25, -0.2) is 18.4 Å². The Kier molecular flexibility index (Phi) is 4.69. The number of imidazole rings is 1. The first-order chi connectivity index (χ1) is 14.1. The van der Waals surface area contributed by atoms with E-state index in [0.717, 1.165) is 46.0 Å². The van der Waals surface area contributed by atoms with E-state index in [-0.39, 0.29) is 0 Å². The van der Waals surface area contributed by atoms with Gasteiger partial charge in [-0.05, 0) is 37.1 Å². The second-order valence-electron chi connectivity index (χ2n) is 7.14. The fourth-order valence-corrected chi connectivity index (χ4v) is 5.96. The molecule has 1 aliphatic heterocycles. The monoisotopic (exact) mass is 424 g/mol. The number of nitrogens with zero attached hydrogens (tertiary/aromatic N) is 3. The largest absolute Gasteiger partial charge is 0.342 e. The minimum atomic E-state index is -3.38. The molecule has 1 N–H and O–H groups in total. The van der Waals surface area contributed by atoms with Crippen molar-refractivity contribution in [2.24, 2.45) is 0 Å². The van der Waals surface area contributed by atoms with Gasteiger partial charge in [0.25, 0.3) is 0 Å². The number of aromatic nitrogens is 3. The van der Waals surface area contributed by atoms with Gasteiger partial charge in [-0.2, -0.15) is 4.31 Å². The molecule has 1 fully saturated rings. The molecule has 2 aromatic carbocycles. The van der Waals surface area contributed by atoms with Gasteiger partial charge in [0.1, 0.15) is 10.8 Å². The Morgan fingerprint density at radius 2 is 1.76 bits per heavy atom. The number of nitrogens with one attached hydrogen (secondary N) is 1. The Morgan fingerprint density at radius 3 is 2.52 bits per heavy atom. The molecular weight excluding hydrogens is 404 g/mol. The third-order valence-electron chi connectivity index (χ3n) is 5.16. The first kappa shape index (κ1) is 18.5. The van der Waals surface area contributed by atoms with Crippen LogP contribution in [0, 0.1) is 0 Å². The van der Waals surface area contributed by atoms with Crippen LogP contribution in [0.5, 0.6) is 0 Å². The zero-order valence-electron chi connectivity index (χ0n) is 15.7. The first-order valence-corrected chi connectivity index (χ1v) is 11.9. The molecule has 1 aliphatic rings. The maximum Gasteiger partial charge on any atom is 0.243 e. The van der Waals surface area contributed by atoms with Crippen molar-refractivity contribution in [1.82, 2.24) is 19.3 Å². The van der Waals surface area contributed by atoms with Crippen LogP contribution in [0.15, 0.2) is 58.8 Å². The molecule has 3 heterocycles. The quantitative estimate of drug-likeness (QED) is 0.524. The Morgan fingerprint density at radius 1 is 1.00 bits per heavy atom. The number of fused-ring (bicyclic) bond motifs is 1. The summed E-state index contributed by atoms with van der Waals surface area (Å²) in [7, 11) is -3.38. The maximum absolute atomic E-state index is 12.7. The molecule has 1 saturated heterocycles. The predicted octanol–water partition coefficient (Wildman–Crippen LogP) is 4.06. The minimum Gasteiger partial charge on any atom is -0.342 e. The molecule has 0 atom stereocenters. The van der Waals surface area contributed by atoms with Crippen molar-refractivity contribution in [3.8, 4) is 11.3 Å². The number of hydrogen-bond donors (Lipinski definition) is 1. The van der Waals surface area contributed by atoms with Crippen LogP contribution in [-0.2, 0) is 16.4 Å². The molecule has 0 amide bonds. The van der Waals surface area contributed by atoms with Gasteiger partial charge in [-0.1, -0.05) is 24.3 Å². The Hall–Kier alpha value is -2.55. The summed E-state index contributed by atoms with van der Waals surface area (Å²) in [6, 6.07) is 15.0. The van der Waals surface area contributed by atoms with Crippen LogP contribution in [0.2, 0.25) is 0 Å². The normalized spacial score (nSPS) is 15.3. The van der Waals surface area contributed by atoms with Gasteiger partial charge >= 0.3 is 0 Å². The fraction of sp³-hybridized carbons (Fsp3) is 0.238. The van der Waals surface area contributed by atoms with Gasteiger partial charge < -0.3 is 4.98 Å². The van der Waals surface area contributed by atoms with Crippen molar-refractivity contribution in [2.45, 2.75) is 24.2 Å². The molecule has 4 aromatic rings. The van der Waals surface area contributed by atoms with Crippen LogP contribution < -0.4 is 0 Å². The number of sulfonamides is 1. The van der Waals surface area contributed by atoms with Crippen LogP contribution in [-0.4, -0.2) is 40.8 Å². The number of H-pyrrole nitrogens is 1. The summed E-state index contributed by atoms with van der Waals surface area (Å²) in [6.45, 7) is 1.22. The second-order valence-corrected chi connectivity index (χ2v) is 10.0. The second kappa shape index (κ2) is 7.37. The molecule has 148 valence electrons. The number of rotatable bonds is 5. The lowest BCUT2D eigenvalue weighted by Gasteiger charge is -2.15. The number of benzene rings is 2. The lowest BCUT2D eigenvalue weighted by Crippen LogP contribution is -2.27. The van der Waals surface area contributed by atoms with Gasteiger partial charge in [0.15, 0.2) is 0 Å². The Bertz CT molecular complexity index is 1220. The summed E-state index contributed by atoms with van der Waals surface area (Å²) in [5.74, 6) is 0.888. The molecule has 8 heteroatoms. The van der Waals surface area contributed by atoms with Gasteiger partial charge in [0, 0.05) is 24.0 Å². The third kappa shape index (κ3) is 3.59. The van der Waals surface area contributed by atoms with E-state index in [1.165, 1.54) is 0 Å². The SMILES string of the molecule is O=S(=O)(c1ccc(-c2csc(Cc3nc4ccccc4[nH]3)n2)cc1)N1CCCC1. The highest BCUT2D eigenvalue weighted by atomic mass is 32.2. The zero-order valence-corrected chi connectivity index (χ0v) is 17.3. The highest BCUT2D eigenvalue weighted by molar-refractivity contribution is 7.89. The lowest BCUT2D eigenvalue weighted by molar-refractivity contribution is 0.477. The van der Waals surface area contributed by atoms with Gasteiger partial charge in [-0.15, -0.1) is 11.3 Å². The minimum absolute atomic E-state index is 0.348. The van der Waals surface area contributed by atoms with Crippen LogP contribution in [0.1, 0.15) is 23.7 Å². The van der Waals surface area contributed by atoms with Crippen LogP contribution in [0.4, 0.5) is 0 Å². The highest BCUT2D eigenvalue weighted by Gasteiger charge is 2.27. The van der Waals surface area contributed by atoms with Crippen molar-refractivity contribution in [1.29, 1.82) is 0 Å². The summed E-state index contributed by atoms with van der Waals surface area (Å²) in [5.41, 5.74) is 3.74. The molecule has 5 rings (SSSR count). The summed E-state index contributed by atoms with van der Waals surface area (Å²) in [4.78, 5) is 13.0. The average Bonchev–Trinajstić information content (AvgIpc) is 3.48. The molecule has 0 saturated carbocycles. The summed E-state index contributed by atoms with van der Waals surface area (Å²) in [5, 5.41) is 2.97. The number of para-hydroxylation sites is 2. The Balaban J connectivity index is 1.34. The first-order valence-electron chi connectivity index (χ1n) is 9.58. The van der Waals surface area contributed by atoms with E-state index in [0.29, 0.717) is 24.4 Å². The summed E-state index contributed by atoms with van der Waals surface area (Å²) in [6.07, 6.45) is 2.51. The van der Waals surface area contributed by atoms with E-state index in [2.05, 4.69) is 9.97 Å². The van der Waals surface area contributed by atoms with Crippen molar-refractivity contribution in [3.05, 3.63) is 64.7 Å². The molecule has 0 unspecified atom stereocenters. The maximum atomic E-state index is 12.7. The van der Waals surface area contributed by atoms with Crippen molar-refractivity contribution in [3.63, 3.8) is 0 Å². The standard InChI is InChI=1S/C21H20N4O2S2/c26-29(27,25-11-3-4-12-25)16-9-7-15(8-10-16)19-14-28-21(24-19)13-20-22-17-5-1-2-6-18(17)23-20/h1-2,5-10,14H,3-4,11-13H2,(H,22,23). The Labute approximate surface area is 173 Å². The van der Waals surface area contributed by atoms with E-state index in [9.17, 15) is 8.42 Å². The van der Waals surface area contributed by atoms with E-state index in [1.807, 2.05) is 41.8 Å². The van der Waals surface area contributed by atoms with Gasteiger partial charge in [0.2, 0.25) is 10.0 Å².